The van der Waals surface area contributed by atoms with Crippen molar-refractivity contribution in [3.63, 3.8) is 0 Å². The quantitative estimate of drug-likeness (QED) is 0.128. The van der Waals surface area contributed by atoms with E-state index in [1.54, 1.807) is 53.7 Å². The van der Waals surface area contributed by atoms with Gasteiger partial charge in [-0.3, -0.25) is 28.8 Å². The minimum Gasteiger partial charge on any atom is -0.467 e. The summed E-state index contributed by atoms with van der Waals surface area (Å²) in [5.74, 6) is -7.18. The summed E-state index contributed by atoms with van der Waals surface area (Å²) >= 11 is 0. The monoisotopic (exact) mass is 816 g/mol. The van der Waals surface area contributed by atoms with Gasteiger partial charge < -0.3 is 45.6 Å². The van der Waals surface area contributed by atoms with E-state index in [4.69, 9.17) is 15.2 Å². The molecule has 1 heterocycles. The number of benzene rings is 1. The van der Waals surface area contributed by atoms with Crippen molar-refractivity contribution in [1.29, 1.82) is 0 Å². The number of rotatable bonds is 21. The molecule has 0 aliphatic carbocycles. The minimum atomic E-state index is -1.49. The molecule has 1 aliphatic heterocycles. The summed E-state index contributed by atoms with van der Waals surface area (Å²) in [6.45, 7) is 11.7. The molecule has 0 bridgehead atoms. The highest BCUT2D eigenvalue weighted by Crippen LogP contribution is 2.23. The third-order valence-electron chi connectivity index (χ3n) is 10.7. The van der Waals surface area contributed by atoms with E-state index in [2.05, 4.69) is 10.6 Å². The number of nitrogens with one attached hydrogen (secondary N) is 2. The van der Waals surface area contributed by atoms with E-state index in [1.807, 2.05) is 18.2 Å². The van der Waals surface area contributed by atoms with Crippen LogP contribution in [-0.4, -0.2) is 137 Å². The van der Waals surface area contributed by atoms with Crippen LogP contribution in [0.3, 0.4) is 0 Å². The van der Waals surface area contributed by atoms with Gasteiger partial charge in [-0.1, -0.05) is 78.3 Å². The topological polar surface area (TPSA) is 235 Å². The fourth-order valence-corrected chi connectivity index (χ4v) is 6.68. The number of nitrogens with zero attached hydrogens (tertiary/aromatic N) is 3. The van der Waals surface area contributed by atoms with Gasteiger partial charge >= 0.3 is 11.9 Å². The lowest BCUT2D eigenvalue weighted by atomic mass is 9.96. The van der Waals surface area contributed by atoms with Crippen molar-refractivity contribution in [3.8, 4) is 0 Å². The van der Waals surface area contributed by atoms with Gasteiger partial charge in [0.25, 0.3) is 5.91 Å². The minimum absolute atomic E-state index is 0.132. The first-order valence-corrected chi connectivity index (χ1v) is 19.9. The summed E-state index contributed by atoms with van der Waals surface area (Å²) < 4.78 is 10.3. The van der Waals surface area contributed by atoms with Crippen molar-refractivity contribution >= 4 is 47.4 Å². The Balaban J connectivity index is 2.36. The normalized spacial score (nSPS) is 17.5. The average molecular weight is 817 g/mol. The zero-order chi connectivity index (χ0) is 44.0. The standard InChI is InChI=1S/C41H64N6O11/c1-11-25(6)32(44-35(50)28(19-20-31(42)48)45(8)39(54)34(24(4)5)58-41(56)33(49)23(2)3)36(51)43-26(7)37(52)46(9)30(22-27-16-13-12-14-17-27)38(53)47-21-15-18-29(47)40(55)57-10/h12-14,16-17,23-26,28-30,32-34,49H,11,15,18-22H2,1-10H3,(H2,42,48)(H,43,51)(H,44,50)/t25-,26-,28-,29-,30+,32+,33-,34+/m0/s1. The second kappa shape index (κ2) is 22.8. The molecule has 6 amide bonds. The lowest BCUT2D eigenvalue weighted by Crippen LogP contribution is -2.60. The maximum atomic E-state index is 14.1. The summed E-state index contributed by atoms with van der Waals surface area (Å²) in [7, 11) is 4.00. The summed E-state index contributed by atoms with van der Waals surface area (Å²) in [5.41, 5.74) is 6.18. The largest absolute Gasteiger partial charge is 0.467 e. The Hall–Kier alpha value is -5.06. The summed E-state index contributed by atoms with van der Waals surface area (Å²) in [5, 5.41) is 15.6. The molecule has 0 unspecified atom stereocenters. The van der Waals surface area contributed by atoms with E-state index in [9.17, 15) is 43.5 Å². The molecule has 1 aromatic rings. The number of methoxy groups -OCH3 is 1. The Bertz CT molecular complexity index is 1610. The number of hydrogen-bond acceptors (Lipinski definition) is 11. The number of hydrogen-bond donors (Lipinski definition) is 4. The van der Waals surface area contributed by atoms with Crippen LogP contribution in [0.1, 0.15) is 86.1 Å². The maximum absolute atomic E-state index is 14.1. The van der Waals surface area contributed by atoms with Crippen LogP contribution < -0.4 is 16.4 Å². The Kier molecular flexibility index (Phi) is 19.3. The molecule has 1 aliphatic rings. The molecule has 1 fully saturated rings. The van der Waals surface area contributed by atoms with Crippen LogP contribution in [0.2, 0.25) is 0 Å². The van der Waals surface area contributed by atoms with Gasteiger partial charge in [0.2, 0.25) is 29.5 Å². The third-order valence-corrected chi connectivity index (χ3v) is 10.7. The molecule has 0 spiro atoms. The molecular weight excluding hydrogens is 752 g/mol. The first kappa shape index (κ1) is 49.1. The molecule has 8 atom stereocenters. The van der Waals surface area contributed by atoms with Gasteiger partial charge in [-0.15, -0.1) is 0 Å². The smallest absolute Gasteiger partial charge is 0.336 e. The number of amides is 6. The van der Waals surface area contributed by atoms with Crippen molar-refractivity contribution in [2.45, 2.75) is 129 Å². The molecular formula is C41H64N6O11. The number of esters is 2. The predicted molar refractivity (Wildman–Crippen MR) is 213 cm³/mol. The Morgan fingerprint density at radius 1 is 0.879 bits per heavy atom. The number of likely N-dealkylation sites (N-methyl/N-ethyl adjacent to an activating group) is 2. The van der Waals surface area contributed by atoms with E-state index < -0.39 is 108 Å². The van der Waals surface area contributed by atoms with Crippen LogP contribution >= 0.6 is 0 Å². The third kappa shape index (κ3) is 13.2. The average Bonchev–Trinajstić information content (AvgIpc) is 3.69. The maximum Gasteiger partial charge on any atom is 0.336 e. The van der Waals surface area contributed by atoms with E-state index >= 15 is 0 Å². The van der Waals surface area contributed by atoms with Gasteiger partial charge in [0.05, 0.1) is 7.11 Å². The molecule has 0 radical (unpaired) electrons. The molecule has 1 saturated heterocycles. The SMILES string of the molecule is CC[C@H](C)[C@@H](NC(=O)[C@H](CCC(N)=O)N(C)C(=O)[C@H](OC(=O)[C@@H](O)C(C)C)C(C)C)C(=O)N[C@@H](C)C(=O)N(C)[C@H](Cc1ccccc1)C(=O)N1CCC[C@H]1C(=O)OC. The van der Waals surface area contributed by atoms with Crippen molar-refractivity contribution < 1.29 is 52.9 Å². The van der Waals surface area contributed by atoms with Gasteiger partial charge in [-0.25, -0.2) is 9.59 Å². The number of aliphatic hydroxyl groups excluding tert-OH is 1. The number of carbonyl (C=O) groups excluding carboxylic acids is 8. The fraction of sp³-hybridized carbons (Fsp3) is 0.659. The Morgan fingerprint density at radius 3 is 2.02 bits per heavy atom. The lowest BCUT2D eigenvalue weighted by Gasteiger charge is -2.35. The number of carbonyl (C=O) groups is 8. The number of ether oxygens (including phenoxy) is 2. The van der Waals surface area contributed by atoms with Crippen molar-refractivity contribution in [2.75, 3.05) is 27.7 Å². The van der Waals surface area contributed by atoms with Crippen LogP contribution in [0.4, 0.5) is 0 Å². The highest BCUT2D eigenvalue weighted by molar-refractivity contribution is 5.97. The lowest BCUT2D eigenvalue weighted by molar-refractivity contribution is -0.172. The van der Waals surface area contributed by atoms with Crippen LogP contribution in [0.5, 0.6) is 0 Å². The molecule has 324 valence electrons. The number of likely N-dealkylation sites (tertiary alicyclic amines) is 1. The zero-order valence-electron chi connectivity index (χ0n) is 35.6. The van der Waals surface area contributed by atoms with Crippen LogP contribution in [0.15, 0.2) is 30.3 Å². The van der Waals surface area contributed by atoms with Gasteiger partial charge in [0.1, 0.15) is 30.2 Å². The van der Waals surface area contributed by atoms with Crippen molar-refractivity contribution in [3.05, 3.63) is 35.9 Å². The summed E-state index contributed by atoms with van der Waals surface area (Å²) in [6, 6.07) is 3.50. The molecule has 0 aromatic heterocycles. The fourth-order valence-electron chi connectivity index (χ4n) is 6.68. The van der Waals surface area contributed by atoms with E-state index in [-0.39, 0.29) is 19.3 Å². The molecule has 5 N–H and O–H groups in total. The van der Waals surface area contributed by atoms with E-state index in [0.29, 0.717) is 25.8 Å². The van der Waals surface area contributed by atoms with Crippen molar-refractivity contribution in [1.82, 2.24) is 25.3 Å². The molecule has 17 heteroatoms. The van der Waals surface area contributed by atoms with Crippen LogP contribution in [-0.2, 0) is 54.3 Å². The van der Waals surface area contributed by atoms with E-state index in [1.165, 1.54) is 37.9 Å². The molecule has 2 rings (SSSR count). The van der Waals surface area contributed by atoms with Gasteiger partial charge in [0.15, 0.2) is 12.2 Å². The summed E-state index contributed by atoms with van der Waals surface area (Å²) in [4.78, 5) is 111. The zero-order valence-corrected chi connectivity index (χ0v) is 35.6. The number of primary amides is 1. The second-order valence-electron chi connectivity index (χ2n) is 15.7. The Morgan fingerprint density at radius 2 is 1.48 bits per heavy atom. The number of aliphatic hydroxyl groups is 1. The van der Waals surface area contributed by atoms with Crippen LogP contribution in [0, 0.1) is 17.8 Å². The first-order valence-electron chi connectivity index (χ1n) is 19.9. The van der Waals surface area contributed by atoms with Crippen molar-refractivity contribution in [2.24, 2.45) is 23.5 Å². The van der Waals surface area contributed by atoms with E-state index in [0.717, 1.165) is 10.5 Å². The second-order valence-corrected chi connectivity index (χ2v) is 15.7. The highest BCUT2D eigenvalue weighted by atomic mass is 16.6. The predicted octanol–water partition coefficient (Wildman–Crippen LogP) is 0.933. The van der Waals surface area contributed by atoms with Crippen LogP contribution in [0.25, 0.3) is 0 Å². The highest BCUT2D eigenvalue weighted by Gasteiger charge is 2.42. The molecule has 1 aromatic carbocycles. The van der Waals surface area contributed by atoms with Gasteiger partial charge in [0, 0.05) is 33.5 Å². The number of nitrogens with two attached hydrogens (primary N) is 1. The summed E-state index contributed by atoms with van der Waals surface area (Å²) in [6.07, 6.45) is -1.86. The molecule has 58 heavy (non-hydrogen) atoms. The van der Waals surface area contributed by atoms with Gasteiger partial charge in [-0.05, 0) is 49.5 Å². The first-order chi connectivity index (χ1) is 27.2. The van der Waals surface area contributed by atoms with Gasteiger partial charge in [-0.2, -0.15) is 0 Å². The Labute approximate surface area is 341 Å². The molecule has 0 saturated carbocycles. The molecule has 17 nitrogen and oxygen atoms in total.